The summed E-state index contributed by atoms with van der Waals surface area (Å²) >= 11 is 0. The number of hydrogen-bond acceptors (Lipinski definition) is 4. The third-order valence-electron chi connectivity index (χ3n) is 2.93. The van der Waals surface area contributed by atoms with Crippen molar-refractivity contribution >= 4 is 8.80 Å². The van der Waals surface area contributed by atoms with Gasteiger partial charge in [-0.25, -0.2) is 0 Å². The van der Waals surface area contributed by atoms with Crippen LogP contribution in [0.1, 0.15) is 0 Å². The summed E-state index contributed by atoms with van der Waals surface area (Å²) in [6.07, 6.45) is 0. The molecule has 1 aliphatic rings. The third-order valence-corrected chi connectivity index (χ3v) is 6.62. The fraction of sp³-hybridized carbons (Fsp3) is 1.00. The van der Waals surface area contributed by atoms with Crippen LogP contribution in [0.5, 0.6) is 0 Å². The fourth-order valence-corrected chi connectivity index (χ4v) is 5.53. The summed E-state index contributed by atoms with van der Waals surface area (Å²) in [7, 11) is 6.70. The van der Waals surface area contributed by atoms with Crippen molar-refractivity contribution in [3.8, 4) is 0 Å². The van der Waals surface area contributed by atoms with E-state index in [1.54, 1.807) is 14.2 Å². The van der Waals surface area contributed by atoms with Gasteiger partial charge < -0.3 is 14.4 Å². The quantitative estimate of drug-likeness (QED) is 0.515. The Morgan fingerprint density at radius 2 is 2.00 bits per heavy atom. The molecule has 0 amide bonds. The lowest BCUT2D eigenvalue weighted by molar-refractivity contribution is -0.162. The summed E-state index contributed by atoms with van der Waals surface area (Å²) in [5.74, 6) is 0. The molecule has 1 atom stereocenters. The molecule has 1 aliphatic heterocycles. The first-order chi connectivity index (χ1) is 6.64. The van der Waals surface area contributed by atoms with E-state index in [4.69, 9.17) is 9.47 Å². The molecule has 1 unspecified atom stereocenters. The van der Waals surface area contributed by atoms with E-state index in [0.29, 0.717) is 0 Å². The molecular formula is C9H22N2O2Si. The number of nitrogens with one attached hydrogen (secondary N) is 1. The van der Waals surface area contributed by atoms with Crippen LogP contribution in [0.2, 0.25) is 12.1 Å². The molecule has 14 heavy (non-hydrogen) atoms. The Bertz CT molecular complexity index is 174. The standard InChI is InChI=1S/C9H22N2O2Si/c1-11(2)6-8-14-7-5-10-9(14,12-3)13-4/h10,14H,5-8H2,1-4H3. The number of hydrogen-bond donors (Lipinski definition) is 1. The van der Waals surface area contributed by atoms with E-state index in [9.17, 15) is 0 Å². The molecule has 84 valence electrons. The van der Waals surface area contributed by atoms with E-state index >= 15 is 0 Å². The Morgan fingerprint density at radius 1 is 1.36 bits per heavy atom. The lowest BCUT2D eigenvalue weighted by Gasteiger charge is -2.32. The van der Waals surface area contributed by atoms with Gasteiger partial charge in [-0.2, -0.15) is 0 Å². The monoisotopic (exact) mass is 218 g/mol. The second kappa shape index (κ2) is 5.23. The summed E-state index contributed by atoms with van der Waals surface area (Å²) in [6, 6.07) is 2.50. The minimum Gasteiger partial charge on any atom is -0.345 e. The van der Waals surface area contributed by atoms with Crippen molar-refractivity contribution in [3.63, 3.8) is 0 Å². The van der Waals surface area contributed by atoms with Crippen LogP contribution in [0.15, 0.2) is 0 Å². The van der Waals surface area contributed by atoms with Crippen LogP contribution in [0.4, 0.5) is 0 Å². The summed E-state index contributed by atoms with van der Waals surface area (Å²) in [5, 5.41) is 3.34. The van der Waals surface area contributed by atoms with Crippen molar-refractivity contribution in [3.05, 3.63) is 0 Å². The number of rotatable bonds is 5. The highest BCUT2D eigenvalue weighted by atomic mass is 28.3. The van der Waals surface area contributed by atoms with E-state index in [0.717, 1.165) is 13.1 Å². The van der Waals surface area contributed by atoms with Crippen LogP contribution in [-0.2, 0) is 9.47 Å². The smallest absolute Gasteiger partial charge is 0.200 e. The molecular weight excluding hydrogens is 196 g/mol. The largest absolute Gasteiger partial charge is 0.345 e. The van der Waals surface area contributed by atoms with Gasteiger partial charge in [0.1, 0.15) is 8.80 Å². The molecule has 0 bridgehead atoms. The Balaban J connectivity index is 2.49. The second-order valence-electron chi connectivity index (χ2n) is 4.08. The minimum absolute atomic E-state index is 0.407. The van der Waals surface area contributed by atoms with Crippen LogP contribution >= 0.6 is 0 Å². The minimum atomic E-state index is -0.985. The van der Waals surface area contributed by atoms with E-state index in [1.807, 2.05) is 0 Å². The van der Waals surface area contributed by atoms with Crippen molar-refractivity contribution in [2.75, 3.05) is 41.4 Å². The molecule has 0 aromatic carbocycles. The SMILES string of the molecule is COC1(OC)NCC[SiH]1CCN(C)C. The zero-order valence-electron chi connectivity index (χ0n) is 9.67. The molecule has 4 nitrogen and oxygen atoms in total. The number of nitrogens with zero attached hydrogens (tertiary/aromatic N) is 1. The van der Waals surface area contributed by atoms with E-state index in [1.165, 1.54) is 12.1 Å². The maximum absolute atomic E-state index is 5.50. The molecule has 0 saturated carbocycles. The first kappa shape index (κ1) is 12.1. The molecule has 1 heterocycles. The molecule has 0 radical (unpaired) electrons. The predicted octanol–water partition coefficient (Wildman–Crippen LogP) is -0.136. The maximum atomic E-state index is 5.50. The van der Waals surface area contributed by atoms with Gasteiger partial charge in [-0.05, 0) is 39.3 Å². The molecule has 0 spiro atoms. The average Bonchev–Trinajstić information content (AvgIpc) is 2.58. The Hall–Kier alpha value is 0.0569. The van der Waals surface area contributed by atoms with E-state index in [-0.39, 0.29) is 0 Å². The highest BCUT2D eigenvalue weighted by molar-refractivity contribution is 6.62. The highest BCUT2D eigenvalue weighted by Crippen LogP contribution is 2.23. The van der Waals surface area contributed by atoms with Gasteiger partial charge in [0.05, 0.1) is 0 Å². The van der Waals surface area contributed by atoms with Crippen LogP contribution in [-0.4, -0.2) is 60.6 Å². The van der Waals surface area contributed by atoms with Crippen LogP contribution in [0.3, 0.4) is 0 Å². The molecule has 1 fully saturated rings. The van der Waals surface area contributed by atoms with E-state index in [2.05, 4.69) is 24.3 Å². The molecule has 0 aliphatic carbocycles. The first-order valence-corrected chi connectivity index (χ1v) is 7.35. The number of methoxy groups -OCH3 is 2. The Labute approximate surface area is 88.2 Å². The van der Waals surface area contributed by atoms with E-state index < -0.39 is 14.3 Å². The van der Waals surface area contributed by atoms with Crippen LogP contribution < -0.4 is 5.32 Å². The maximum Gasteiger partial charge on any atom is 0.200 e. The average molecular weight is 218 g/mol. The highest BCUT2D eigenvalue weighted by Gasteiger charge is 2.44. The van der Waals surface area contributed by atoms with Gasteiger partial charge in [-0.1, -0.05) is 0 Å². The van der Waals surface area contributed by atoms with Crippen molar-refractivity contribution in [2.45, 2.75) is 17.6 Å². The first-order valence-electron chi connectivity index (χ1n) is 5.14. The lowest BCUT2D eigenvalue weighted by atomic mass is 10.7. The van der Waals surface area contributed by atoms with Gasteiger partial charge in [-0.3, -0.25) is 5.32 Å². The predicted molar refractivity (Wildman–Crippen MR) is 60.1 cm³/mol. The van der Waals surface area contributed by atoms with Gasteiger partial charge in [0.2, 0.25) is 5.53 Å². The Morgan fingerprint density at radius 3 is 2.50 bits per heavy atom. The van der Waals surface area contributed by atoms with Gasteiger partial charge >= 0.3 is 0 Å². The Kier molecular flexibility index (Phi) is 4.53. The van der Waals surface area contributed by atoms with Crippen molar-refractivity contribution < 1.29 is 9.47 Å². The van der Waals surface area contributed by atoms with Crippen molar-refractivity contribution in [1.29, 1.82) is 0 Å². The summed E-state index contributed by atoms with van der Waals surface area (Å²) in [6.45, 7) is 2.17. The topological polar surface area (TPSA) is 33.7 Å². The summed E-state index contributed by atoms with van der Waals surface area (Å²) < 4.78 is 11.0. The summed E-state index contributed by atoms with van der Waals surface area (Å²) in [4.78, 5) is 2.22. The summed E-state index contributed by atoms with van der Waals surface area (Å²) in [5.41, 5.74) is -0.407. The molecule has 5 heteroatoms. The number of ether oxygens (including phenoxy) is 2. The van der Waals surface area contributed by atoms with Gasteiger partial charge in [0.25, 0.3) is 0 Å². The molecule has 1 rings (SSSR count). The van der Waals surface area contributed by atoms with Gasteiger partial charge in [-0.15, -0.1) is 0 Å². The van der Waals surface area contributed by atoms with Gasteiger partial charge in [0.15, 0.2) is 0 Å². The van der Waals surface area contributed by atoms with Crippen molar-refractivity contribution in [2.24, 2.45) is 0 Å². The lowest BCUT2D eigenvalue weighted by Crippen LogP contribution is -2.54. The second-order valence-corrected chi connectivity index (χ2v) is 7.39. The normalized spacial score (nSPS) is 25.9. The zero-order valence-corrected chi connectivity index (χ0v) is 10.8. The molecule has 0 aromatic heterocycles. The molecule has 1 saturated heterocycles. The zero-order chi connectivity index (χ0) is 10.6. The molecule has 1 N–H and O–H groups in total. The fourth-order valence-electron chi connectivity index (χ4n) is 2.06. The van der Waals surface area contributed by atoms with Crippen molar-refractivity contribution in [1.82, 2.24) is 10.2 Å². The van der Waals surface area contributed by atoms with Crippen LogP contribution in [0.25, 0.3) is 0 Å². The molecule has 0 aromatic rings. The third kappa shape index (κ3) is 2.55. The van der Waals surface area contributed by atoms with Crippen LogP contribution in [0, 0.1) is 0 Å². The van der Waals surface area contributed by atoms with Gasteiger partial charge in [0, 0.05) is 14.2 Å².